The van der Waals surface area contributed by atoms with Crippen LogP contribution in [0.15, 0.2) is 12.1 Å². The minimum Gasteiger partial charge on any atom is -0.494 e. The van der Waals surface area contributed by atoms with Crippen LogP contribution >= 0.6 is 21.4 Å². The van der Waals surface area contributed by atoms with Crippen molar-refractivity contribution in [1.82, 2.24) is 0 Å². The smallest absolute Gasteiger partial charge is 0.317 e. The molecule has 1 aromatic carbocycles. The summed E-state index contributed by atoms with van der Waals surface area (Å²) in [5.41, 5.74) is 0. The van der Waals surface area contributed by atoms with E-state index in [1.807, 2.05) is 0 Å². The highest BCUT2D eigenvalue weighted by Crippen LogP contribution is 2.20. The van der Waals surface area contributed by atoms with Gasteiger partial charge >= 0.3 is 8.26 Å². The Morgan fingerprint density at radius 3 is 1.94 bits per heavy atom. The highest BCUT2D eigenvalue weighted by Gasteiger charge is 2.12. The average Bonchev–Trinajstić information content (AvgIpc) is 2.12. The third-order valence-electron chi connectivity index (χ3n) is 1.22. The van der Waals surface area contributed by atoms with Crippen LogP contribution in [0.3, 0.4) is 0 Å². The van der Waals surface area contributed by atoms with Crippen LogP contribution in [0.1, 0.15) is 0 Å². The third kappa shape index (κ3) is 6.04. The number of ether oxygens (including phenoxy) is 1. The van der Waals surface area contributed by atoms with E-state index in [1.54, 1.807) is 0 Å². The van der Waals surface area contributed by atoms with Gasteiger partial charge in [-0.25, -0.2) is 8.78 Å². The molecular formula is C7H5Cl2F3O3S. The molecule has 1 aromatic rings. The summed E-state index contributed by atoms with van der Waals surface area (Å²) in [6.45, 7) is 0. The molecule has 0 spiro atoms. The zero-order valence-electron chi connectivity index (χ0n) is 7.68. The summed E-state index contributed by atoms with van der Waals surface area (Å²) in [5, 5.41) is 0. The second-order valence-corrected chi connectivity index (χ2v) is 5.92. The second kappa shape index (κ2) is 6.17. The van der Waals surface area contributed by atoms with Gasteiger partial charge < -0.3 is 4.74 Å². The molecule has 1 rings (SSSR count). The lowest BCUT2D eigenvalue weighted by Crippen LogP contribution is -1.94. The molecule has 92 valence electrons. The van der Waals surface area contributed by atoms with Gasteiger partial charge in [0.1, 0.15) is 0 Å². The van der Waals surface area contributed by atoms with Gasteiger partial charge in [-0.2, -0.15) is 12.8 Å². The van der Waals surface area contributed by atoms with E-state index in [2.05, 4.69) is 26.1 Å². The molecule has 0 saturated carbocycles. The van der Waals surface area contributed by atoms with Crippen molar-refractivity contribution in [3.63, 3.8) is 0 Å². The highest BCUT2D eigenvalue weighted by atomic mass is 36.0. The van der Waals surface area contributed by atoms with Gasteiger partial charge in [-0.3, -0.25) is 0 Å². The Morgan fingerprint density at radius 2 is 1.56 bits per heavy atom. The standard InChI is InChI=1S/C7H5F3O.Cl2O2S/c1-11-5-3-2-4(8)6(9)7(5)10;1-5(2,3)4/h2-3H,1H3;. The van der Waals surface area contributed by atoms with Gasteiger partial charge in [0.15, 0.2) is 17.4 Å². The SMILES string of the molecule is COc1ccc(F)c(F)c1F.O=S(=O)(Cl)Cl. The minimum atomic E-state index is -3.72. The van der Waals surface area contributed by atoms with Gasteiger partial charge in [-0.15, -0.1) is 0 Å². The zero-order valence-corrected chi connectivity index (χ0v) is 10.0. The predicted molar refractivity (Wildman–Crippen MR) is 53.5 cm³/mol. The van der Waals surface area contributed by atoms with Crippen LogP contribution in [0.4, 0.5) is 13.2 Å². The van der Waals surface area contributed by atoms with Crippen molar-refractivity contribution < 1.29 is 26.3 Å². The number of hydrogen-bond donors (Lipinski definition) is 0. The van der Waals surface area contributed by atoms with E-state index >= 15 is 0 Å². The summed E-state index contributed by atoms with van der Waals surface area (Å²) in [7, 11) is 5.99. The van der Waals surface area contributed by atoms with Crippen molar-refractivity contribution in [2.45, 2.75) is 0 Å². The maximum atomic E-state index is 12.5. The van der Waals surface area contributed by atoms with Crippen LogP contribution in [-0.2, 0) is 8.26 Å². The van der Waals surface area contributed by atoms with Gasteiger partial charge in [0.2, 0.25) is 5.82 Å². The molecule has 0 amide bonds. The Labute approximate surface area is 98.7 Å². The first kappa shape index (κ1) is 15.3. The molecule has 0 radical (unpaired) electrons. The predicted octanol–water partition coefficient (Wildman–Crippen LogP) is 2.82. The van der Waals surface area contributed by atoms with Crippen LogP contribution in [0.25, 0.3) is 0 Å². The zero-order chi connectivity index (χ0) is 12.9. The minimum absolute atomic E-state index is 0.302. The Morgan fingerprint density at radius 1 is 1.12 bits per heavy atom. The monoisotopic (exact) mass is 296 g/mol. The van der Waals surface area contributed by atoms with Crippen molar-refractivity contribution in [3.05, 3.63) is 29.6 Å². The van der Waals surface area contributed by atoms with E-state index in [0.717, 1.165) is 12.1 Å². The molecule has 0 aromatic heterocycles. The molecule has 3 nitrogen and oxygen atoms in total. The quantitative estimate of drug-likeness (QED) is 0.591. The lowest BCUT2D eigenvalue weighted by molar-refractivity contribution is 0.360. The molecule has 0 aliphatic carbocycles. The molecule has 0 aliphatic rings. The van der Waals surface area contributed by atoms with E-state index in [4.69, 9.17) is 8.42 Å². The van der Waals surface area contributed by atoms with Gasteiger partial charge in [0, 0.05) is 21.4 Å². The molecule has 0 N–H and O–H groups in total. The fourth-order valence-electron chi connectivity index (χ4n) is 0.666. The van der Waals surface area contributed by atoms with Crippen molar-refractivity contribution in [3.8, 4) is 5.75 Å². The number of benzene rings is 1. The van der Waals surface area contributed by atoms with Crippen molar-refractivity contribution >= 4 is 29.6 Å². The van der Waals surface area contributed by atoms with Crippen LogP contribution < -0.4 is 4.74 Å². The first-order valence-corrected chi connectivity index (χ1v) is 6.62. The Bertz CT molecular complexity index is 456. The van der Waals surface area contributed by atoms with E-state index in [0.29, 0.717) is 0 Å². The van der Waals surface area contributed by atoms with E-state index in [-0.39, 0.29) is 5.75 Å². The molecule has 0 fully saturated rings. The summed E-state index contributed by atoms with van der Waals surface area (Å²) in [4.78, 5) is 0. The molecule has 0 bridgehead atoms. The Hall–Kier alpha value is -0.660. The molecule has 16 heavy (non-hydrogen) atoms. The molecule has 9 heteroatoms. The highest BCUT2D eigenvalue weighted by molar-refractivity contribution is 8.31. The largest absolute Gasteiger partial charge is 0.494 e. The molecule has 0 saturated heterocycles. The average molecular weight is 297 g/mol. The van der Waals surface area contributed by atoms with Crippen LogP contribution in [0, 0.1) is 17.5 Å². The number of hydrogen-bond acceptors (Lipinski definition) is 3. The maximum absolute atomic E-state index is 12.5. The van der Waals surface area contributed by atoms with Crippen LogP contribution in [-0.4, -0.2) is 15.5 Å². The van der Waals surface area contributed by atoms with Crippen LogP contribution in [0.2, 0.25) is 0 Å². The topological polar surface area (TPSA) is 43.4 Å². The first-order chi connectivity index (χ1) is 7.16. The number of halogens is 5. The van der Waals surface area contributed by atoms with Gasteiger partial charge in [0.25, 0.3) is 0 Å². The van der Waals surface area contributed by atoms with Gasteiger partial charge in [0.05, 0.1) is 7.11 Å². The van der Waals surface area contributed by atoms with E-state index < -0.39 is 25.7 Å². The summed E-state index contributed by atoms with van der Waals surface area (Å²) >= 11 is 0. The fraction of sp³-hybridized carbons (Fsp3) is 0.143. The molecule has 0 aliphatic heterocycles. The second-order valence-electron chi connectivity index (χ2n) is 2.26. The first-order valence-electron chi connectivity index (χ1n) is 3.48. The Balaban J connectivity index is 0.000000385. The third-order valence-corrected chi connectivity index (χ3v) is 1.22. The lowest BCUT2D eigenvalue weighted by Gasteiger charge is -2.01. The molecular weight excluding hydrogens is 292 g/mol. The number of rotatable bonds is 1. The lowest BCUT2D eigenvalue weighted by atomic mass is 10.3. The van der Waals surface area contributed by atoms with Crippen molar-refractivity contribution in [2.24, 2.45) is 0 Å². The van der Waals surface area contributed by atoms with Crippen molar-refractivity contribution in [1.29, 1.82) is 0 Å². The summed E-state index contributed by atoms with van der Waals surface area (Å²) in [6.07, 6.45) is 0. The number of methoxy groups -OCH3 is 1. The van der Waals surface area contributed by atoms with Gasteiger partial charge in [-0.1, -0.05) is 0 Å². The van der Waals surface area contributed by atoms with Crippen molar-refractivity contribution in [2.75, 3.05) is 7.11 Å². The maximum Gasteiger partial charge on any atom is 0.317 e. The van der Waals surface area contributed by atoms with E-state index in [9.17, 15) is 13.2 Å². The molecule has 0 heterocycles. The normalized spacial score (nSPS) is 10.4. The molecule has 0 atom stereocenters. The van der Waals surface area contributed by atoms with Crippen LogP contribution in [0.5, 0.6) is 5.75 Å². The van der Waals surface area contributed by atoms with Gasteiger partial charge in [-0.05, 0) is 12.1 Å². The Kier molecular flexibility index (Phi) is 5.91. The molecule has 0 unspecified atom stereocenters. The summed E-state index contributed by atoms with van der Waals surface area (Å²) in [6, 6.07) is 1.82. The summed E-state index contributed by atoms with van der Waals surface area (Å²) in [5.74, 6) is -4.33. The fourth-order valence-corrected chi connectivity index (χ4v) is 0.666. The summed E-state index contributed by atoms with van der Waals surface area (Å²) < 4.78 is 59.8. The van der Waals surface area contributed by atoms with E-state index in [1.165, 1.54) is 7.11 Å².